The molecule has 14 heteroatoms. The third kappa shape index (κ3) is 7.54. The van der Waals surface area contributed by atoms with Crippen LogP contribution in [0.5, 0.6) is 11.5 Å². The largest absolute Gasteiger partial charge is 0.489 e. The Kier molecular flexibility index (Phi) is 9.07. The number of sulfone groups is 1. The van der Waals surface area contributed by atoms with Gasteiger partial charge in [-0.15, -0.1) is 11.3 Å². The number of fused-ring (bicyclic) bond motifs is 1. The second kappa shape index (κ2) is 12.5. The van der Waals surface area contributed by atoms with E-state index in [2.05, 4.69) is 9.97 Å². The second-order valence-electron chi connectivity index (χ2n) is 11.9. The molecule has 4 aromatic rings. The lowest BCUT2D eigenvalue weighted by molar-refractivity contribution is 0.0126. The van der Waals surface area contributed by atoms with Crippen LogP contribution in [-0.4, -0.2) is 66.3 Å². The van der Waals surface area contributed by atoms with Crippen molar-refractivity contribution < 1.29 is 32.2 Å². The standard InChI is InChI=1S/C31H35ClN4O7S2/c1-17(20-7-6-8-23(26(20)32)42-18-11-13-36(14-12-18)30(38)43-31(2,3)4)41-24-16-25(44-27(24)28(33)37)29-34-21-10-9-19(45(5,39)40)15-22(21)35-29/h6-10,15-18H,11-14H2,1-5H3,(H2,33,37)(H,34,35)/t17-/m1/s1. The molecule has 1 atom stereocenters. The first-order chi connectivity index (χ1) is 21.1. The molecule has 1 fully saturated rings. The highest BCUT2D eigenvalue weighted by Crippen LogP contribution is 2.40. The van der Waals surface area contributed by atoms with Gasteiger partial charge in [0.25, 0.3) is 5.91 Å². The summed E-state index contributed by atoms with van der Waals surface area (Å²) in [6, 6.07) is 11.7. The van der Waals surface area contributed by atoms with Crippen LogP contribution in [0.15, 0.2) is 47.4 Å². The predicted octanol–water partition coefficient (Wildman–Crippen LogP) is 6.37. The van der Waals surface area contributed by atoms with Crippen LogP contribution in [0.3, 0.4) is 0 Å². The molecule has 240 valence electrons. The maximum absolute atomic E-state index is 12.4. The fourth-order valence-electron chi connectivity index (χ4n) is 4.94. The molecule has 0 spiro atoms. The molecule has 11 nitrogen and oxygen atoms in total. The van der Waals surface area contributed by atoms with Gasteiger partial charge in [0, 0.05) is 43.8 Å². The van der Waals surface area contributed by atoms with Crippen molar-refractivity contribution in [1.82, 2.24) is 14.9 Å². The van der Waals surface area contributed by atoms with Gasteiger partial charge in [-0.3, -0.25) is 4.79 Å². The zero-order valence-electron chi connectivity index (χ0n) is 25.5. The third-order valence-corrected chi connectivity index (χ3v) is 9.81. The minimum atomic E-state index is -3.39. The van der Waals surface area contributed by atoms with E-state index in [9.17, 15) is 18.0 Å². The summed E-state index contributed by atoms with van der Waals surface area (Å²) in [7, 11) is -3.39. The van der Waals surface area contributed by atoms with Crippen LogP contribution in [0.25, 0.3) is 21.7 Å². The third-order valence-electron chi connectivity index (χ3n) is 7.16. The number of imidazole rings is 1. The molecular weight excluding hydrogens is 640 g/mol. The number of amides is 2. The molecule has 2 aromatic heterocycles. The van der Waals surface area contributed by atoms with Gasteiger partial charge in [-0.05, 0) is 52.0 Å². The van der Waals surface area contributed by atoms with Crippen molar-refractivity contribution in [3.05, 3.63) is 57.9 Å². The highest BCUT2D eigenvalue weighted by Gasteiger charge is 2.29. The Morgan fingerprint density at radius 3 is 2.49 bits per heavy atom. The Hall–Kier alpha value is -3.81. The highest BCUT2D eigenvalue weighted by molar-refractivity contribution is 7.90. The number of aromatic amines is 1. The van der Waals surface area contributed by atoms with Crippen LogP contribution >= 0.6 is 22.9 Å². The molecule has 1 aliphatic heterocycles. The number of nitrogens with one attached hydrogen (secondary N) is 1. The lowest BCUT2D eigenvalue weighted by Crippen LogP contribution is -2.44. The molecule has 0 aliphatic carbocycles. The number of piperidine rings is 1. The number of carbonyl (C=O) groups is 2. The minimum absolute atomic E-state index is 0.133. The van der Waals surface area contributed by atoms with E-state index in [1.165, 1.54) is 12.1 Å². The van der Waals surface area contributed by atoms with Gasteiger partial charge in [0.2, 0.25) is 0 Å². The quantitative estimate of drug-likeness (QED) is 0.219. The number of nitrogens with two attached hydrogens (primary N) is 1. The molecular formula is C31H35ClN4O7S2. The van der Waals surface area contributed by atoms with Gasteiger partial charge in [-0.2, -0.15) is 0 Å². The highest BCUT2D eigenvalue weighted by atomic mass is 35.5. The fraction of sp³-hybridized carbons (Fsp3) is 0.387. The van der Waals surface area contributed by atoms with Gasteiger partial charge < -0.3 is 29.8 Å². The second-order valence-corrected chi connectivity index (χ2v) is 15.4. The van der Waals surface area contributed by atoms with Crippen molar-refractivity contribution in [1.29, 1.82) is 0 Å². The lowest BCUT2D eigenvalue weighted by atomic mass is 10.1. The maximum Gasteiger partial charge on any atom is 0.410 e. The Balaban J connectivity index is 1.30. The average Bonchev–Trinajstić information content (AvgIpc) is 3.57. The molecule has 2 amide bonds. The van der Waals surface area contributed by atoms with E-state index in [1.807, 2.05) is 32.9 Å². The summed E-state index contributed by atoms with van der Waals surface area (Å²) in [6.45, 7) is 8.35. The number of likely N-dealkylation sites (tertiary alicyclic amines) is 1. The van der Waals surface area contributed by atoms with Crippen molar-refractivity contribution in [3.63, 3.8) is 0 Å². The molecule has 1 aliphatic rings. The van der Waals surface area contributed by atoms with Gasteiger partial charge >= 0.3 is 6.09 Å². The van der Waals surface area contributed by atoms with Crippen LogP contribution in [-0.2, 0) is 14.6 Å². The number of H-pyrrole nitrogens is 1. The average molecular weight is 675 g/mol. The Morgan fingerprint density at radius 1 is 1.13 bits per heavy atom. The van der Waals surface area contributed by atoms with Crippen molar-refractivity contribution in [2.24, 2.45) is 5.73 Å². The zero-order valence-corrected chi connectivity index (χ0v) is 27.9. The number of hydrogen-bond donors (Lipinski definition) is 2. The number of rotatable bonds is 8. The van der Waals surface area contributed by atoms with Crippen molar-refractivity contribution in [3.8, 4) is 22.2 Å². The molecule has 0 saturated carbocycles. The molecule has 0 radical (unpaired) electrons. The zero-order chi connectivity index (χ0) is 32.7. The number of nitrogens with zero attached hydrogens (tertiary/aromatic N) is 2. The van der Waals surface area contributed by atoms with Gasteiger partial charge in [-0.25, -0.2) is 18.2 Å². The number of primary amides is 1. The SMILES string of the molecule is C[C@@H](Oc1cc(-c2nc3ccc(S(C)(=O)=O)cc3[nH]2)sc1C(N)=O)c1cccc(OC2CCN(C(=O)OC(C)(C)C)CC2)c1Cl. The van der Waals surface area contributed by atoms with Gasteiger partial charge in [0.05, 0.1) is 25.8 Å². The Bertz CT molecular complexity index is 1850. The van der Waals surface area contributed by atoms with Crippen LogP contribution in [0.2, 0.25) is 5.02 Å². The van der Waals surface area contributed by atoms with Crippen molar-refractivity contribution in [2.75, 3.05) is 19.3 Å². The van der Waals surface area contributed by atoms with Gasteiger partial charge in [0.1, 0.15) is 40.0 Å². The van der Waals surface area contributed by atoms with Crippen molar-refractivity contribution in [2.45, 2.75) is 63.2 Å². The number of ether oxygens (including phenoxy) is 3. The summed E-state index contributed by atoms with van der Waals surface area (Å²) in [5.41, 5.74) is 6.90. The minimum Gasteiger partial charge on any atom is -0.489 e. The van der Waals surface area contributed by atoms with E-state index >= 15 is 0 Å². The van der Waals surface area contributed by atoms with E-state index in [4.69, 9.17) is 31.5 Å². The molecule has 3 heterocycles. The molecule has 2 aromatic carbocycles. The van der Waals surface area contributed by atoms with Crippen LogP contribution < -0.4 is 15.2 Å². The van der Waals surface area contributed by atoms with E-state index < -0.39 is 27.4 Å². The van der Waals surface area contributed by atoms with E-state index in [-0.39, 0.29) is 27.7 Å². The molecule has 1 saturated heterocycles. The molecule has 45 heavy (non-hydrogen) atoms. The van der Waals surface area contributed by atoms with Crippen LogP contribution in [0, 0.1) is 0 Å². The van der Waals surface area contributed by atoms with E-state index in [0.717, 1.165) is 17.6 Å². The summed E-state index contributed by atoms with van der Waals surface area (Å²) in [5.74, 6) is 0.544. The molecule has 5 rings (SSSR count). The van der Waals surface area contributed by atoms with E-state index in [1.54, 1.807) is 30.0 Å². The van der Waals surface area contributed by atoms with Crippen LogP contribution in [0.4, 0.5) is 4.79 Å². The fourth-order valence-corrected chi connectivity index (χ4v) is 6.79. The summed E-state index contributed by atoms with van der Waals surface area (Å²) in [4.78, 5) is 35.1. The first kappa shape index (κ1) is 32.6. The monoisotopic (exact) mass is 674 g/mol. The number of benzene rings is 2. The molecule has 0 unspecified atom stereocenters. The molecule has 0 bridgehead atoms. The number of hydrogen-bond acceptors (Lipinski definition) is 9. The summed E-state index contributed by atoms with van der Waals surface area (Å²) < 4.78 is 41.9. The maximum atomic E-state index is 12.4. The lowest BCUT2D eigenvalue weighted by Gasteiger charge is -2.33. The number of aromatic nitrogens is 2. The Labute approximate surface area is 270 Å². The smallest absolute Gasteiger partial charge is 0.410 e. The molecule has 3 N–H and O–H groups in total. The van der Waals surface area contributed by atoms with Gasteiger partial charge in [0.15, 0.2) is 9.84 Å². The summed E-state index contributed by atoms with van der Waals surface area (Å²) in [6.07, 6.45) is 1.35. The first-order valence-corrected chi connectivity index (χ1v) is 17.4. The Morgan fingerprint density at radius 2 is 1.84 bits per heavy atom. The van der Waals surface area contributed by atoms with Crippen molar-refractivity contribution >= 4 is 55.8 Å². The summed E-state index contributed by atoms with van der Waals surface area (Å²) in [5, 5.41) is 0.384. The summed E-state index contributed by atoms with van der Waals surface area (Å²) >= 11 is 7.91. The number of thiophene rings is 1. The van der Waals surface area contributed by atoms with Gasteiger partial charge in [-0.1, -0.05) is 23.7 Å². The first-order valence-electron chi connectivity index (χ1n) is 14.3. The number of halogens is 1. The topological polar surface area (TPSA) is 154 Å². The normalized spacial score (nSPS) is 15.2. The van der Waals surface area contributed by atoms with Crippen LogP contribution in [0.1, 0.15) is 61.9 Å². The number of carbonyl (C=O) groups excluding carboxylic acids is 2. The van der Waals surface area contributed by atoms with E-state index in [0.29, 0.717) is 64.0 Å². The predicted molar refractivity (Wildman–Crippen MR) is 173 cm³/mol.